The molecule has 0 bridgehead atoms. The van der Waals surface area contributed by atoms with Gasteiger partial charge in [-0.15, -0.1) is 0 Å². The summed E-state index contributed by atoms with van der Waals surface area (Å²) in [6, 6.07) is 0. The Bertz CT molecular complexity index is 1520. The minimum atomic E-state index is -0.776. The van der Waals surface area contributed by atoms with E-state index in [0.717, 1.165) is 89.9 Å². The topological polar surface area (TPSA) is 78.9 Å². The van der Waals surface area contributed by atoms with Crippen molar-refractivity contribution in [2.45, 2.75) is 386 Å². The molecule has 0 aromatic carbocycles. The molecule has 6 nitrogen and oxygen atoms in total. The van der Waals surface area contributed by atoms with E-state index in [1.54, 1.807) is 0 Å². The van der Waals surface area contributed by atoms with Crippen LogP contribution in [0.25, 0.3) is 0 Å². The molecule has 0 rings (SSSR count). The molecule has 0 radical (unpaired) electrons. The van der Waals surface area contributed by atoms with Gasteiger partial charge in [-0.25, -0.2) is 0 Å². The third-order valence-corrected chi connectivity index (χ3v) is 16.2. The Morgan fingerprint density at radius 3 is 0.747 bits per heavy atom. The second kappa shape index (κ2) is 71.3. The number of carbonyl (C=O) groups excluding carboxylic acids is 3. The normalized spacial score (nSPS) is 12.5. The van der Waals surface area contributed by atoms with Crippen LogP contribution in [-0.2, 0) is 28.6 Å². The summed E-state index contributed by atoms with van der Waals surface area (Å²) < 4.78 is 17.0. The third kappa shape index (κ3) is 69.5. The van der Waals surface area contributed by atoms with E-state index in [0.29, 0.717) is 19.3 Å². The van der Waals surface area contributed by atoms with Gasteiger partial charge in [-0.3, -0.25) is 14.4 Å². The maximum atomic E-state index is 13.0. The lowest BCUT2D eigenvalue weighted by Crippen LogP contribution is -2.30. The van der Waals surface area contributed by atoms with Gasteiger partial charge in [0.25, 0.3) is 0 Å². The van der Waals surface area contributed by atoms with Gasteiger partial charge in [0.15, 0.2) is 6.10 Å². The fourth-order valence-electron chi connectivity index (χ4n) is 10.8. The second-order valence-corrected chi connectivity index (χ2v) is 24.5. The van der Waals surface area contributed by atoms with Gasteiger partial charge in [-0.2, -0.15) is 0 Å². The summed E-state index contributed by atoms with van der Waals surface area (Å²) in [6.45, 7) is 6.59. The van der Waals surface area contributed by atoms with Crippen LogP contribution < -0.4 is 0 Å². The first-order chi connectivity index (χ1) is 41.0. The van der Waals surface area contributed by atoms with Crippen molar-refractivity contribution >= 4 is 17.9 Å². The molecule has 0 aliphatic rings. The molecule has 0 aliphatic heterocycles. The summed E-state index contributed by atoms with van der Waals surface area (Å²) in [5.74, 6) is -0.849. The summed E-state index contributed by atoms with van der Waals surface area (Å²) in [7, 11) is 0. The molecule has 0 aliphatic carbocycles. The average molecular weight is 1160 g/mol. The van der Waals surface area contributed by atoms with Gasteiger partial charge in [0.1, 0.15) is 13.2 Å². The first-order valence-electron chi connectivity index (χ1n) is 36.4. The van der Waals surface area contributed by atoms with Crippen molar-refractivity contribution in [2.75, 3.05) is 13.2 Å². The SMILES string of the molecule is CC/C=C\C/C=C\C/C=C\C/C=C\C/C=C\CCCCCCCCCCCCCCCC(=O)OCC(COC(=O)CCCCCCCCCCCCCCCCC)OC(=O)CCCCCCCCCCC/C=C\CCCCCCCCCC. The van der Waals surface area contributed by atoms with Gasteiger partial charge in [0.2, 0.25) is 0 Å². The standard InChI is InChI=1S/C77H138O6/c1-4-7-10-13-16-19-22-25-28-30-32-34-35-36-37-38-39-40-41-43-44-46-49-52-55-58-61-64-67-70-76(79)82-73-74(72-81-75(78)69-66-63-60-57-54-51-48-27-24-21-18-15-12-9-6-3)83-77(80)71-68-65-62-59-56-53-50-47-45-42-33-31-29-26-23-20-17-14-11-8-5-2/h7,10,16,19,25,28,31-34,36-37,74H,4-6,8-9,11-15,17-18,20-24,26-27,29-30,35,38-73H2,1-3H3/b10-7-,19-16-,28-25-,33-31-,34-32-,37-36-. The number of hydrogen-bond acceptors (Lipinski definition) is 6. The first kappa shape index (κ1) is 79.8. The number of allylic oxidation sites excluding steroid dienone is 12. The highest BCUT2D eigenvalue weighted by Gasteiger charge is 2.19. The average Bonchev–Trinajstić information content (AvgIpc) is 3.49. The zero-order chi connectivity index (χ0) is 59.9. The molecule has 0 N–H and O–H groups in total. The number of rotatable bonds is 67. The van der Waals surface area contributed by atoms with Crippen LogP contribution in [0.4, 0.5) is 0 Å². The highest BCUT2D eigenvalue weighted by Crippen LogP contribution is 2.18. The lowest BCUT2D eigenvalue weighted by Gasteiger charge is -2.18. The van der Waals surface area contributed by atoms with Crippen molar-refractivity contribution in [2.24, 2.45) is 0 Å². The van der Waals surface area contributed by atoms with Crippen LogP contribution in [0.15, 0.2) is 72.9 Å². The zero-order valence-electron chi connectivity index (χ0n) is 55.5. The maximum Gasteiger partial charge on any atom is 0.306 e. The van der Waals surface area contributed by atoms with Crippen molar-refractivity contribution in [1.29, 1.82) is 0 Å². The van der Waals surface area contributed by atoms with Gasteiger partial charge < -0.3 is 14.2 Å². The molecule has 0 heterocycles. The first-order valence-corrected chi connectivity index (χ1v) is 36.4. The van der Waals surface area contributed by atoms with Crippen molar-refractivity contribution < 1.29 is 28.6 Å². The smallest absolute Gasteiger partial charge is 0.306 e. The van der Waals surface area contributed by atoms with Crippen LogP contribution >= 0.6 is 0 Å². The van der Waals surface area contributed by atoms with E-state index in [9.17, 15) is 14.4 Å². The Kier molecular flexibility index (Phi) is 68.6. The van der Waals surface area contributed by atoms with Crippen LogP contribution in [0.5, 0.6) is 0 Å². The summed E-state index contributed by atoms with van der Waals surface area (Å²) in [6.07, 6.45) is 93.6. The summed E-state index contributed by atoms with van der Waals surface area (Å²) >= 11 is 0. The molecule has 1 atom stereocenters. The van der Waals surface area contributed by atoms with Crippen LogP contribution in [-0.4, -0.2) is 37.2 Å². The van der Waals surface area contributed by atoms with Crippen molar-refractivity contribution in [3.63, 3.8) is 0 Å². The van der Waals surface area contributed by atoms with E-state index in [-0.39, 0.29) is 31.1 Å². The van der Waals surface area contributed by atoms with E-state index in [2.05, 4.69) is 93.7 Å². The van der Waals surface area contributed by atoms with Gasteiger partial charge in [-0.1, -0.05) is 344 Å². The van der Waals surface area contributed by atoms with Gasteiger partial charge in [0, 0.05) is 19.3 Å². The Labute approximate surface area is 516 Å². The van der Waals surface area contributed by atoms with Crippen molar-refractivity contribution in [3.8, 4) is 0 Å². The van der Waals surface area contributed by atoms with Gasteiger partial charge in [-0.05, 0) is 89.9 Å². The van der Waals surface area contributed by atoms with Crippen molar-refractivity contribution in [1.82, 2.24) is 0 Å². The molecule has 0 saturated heterocycles. The third-order valence-electron chi connectivity index (χ3n) is 16.2. The van der Waals surface area contributed by atoms with E-state index >= 15 is 0 Å². The van der Waals surface area contributed by atoms with E-state index in [1.807, 2.05) is 0 Å². The zero-order valence-corrected chi connectivity index (χ0v) is 55.5. The van der Waals surface area contributed by atoms with E-state index in [4.69, 9.17) is 14.2 Å². The fourth-order valence-corrected chi connectivity index (χ4v) is 10.8. The fraction of sp³-hybridized carbons (Fsp3) is 0.805. The quantitative estimate of drug-likeness (QED) is 0.0261. The number of unbranched alkanes of at least 4 members (excludes halogenated alkanes) is 44. The maximum absolute atomic E-state index is 13.0. The summed E-state index contributed by atoms with van der Waals surface area (Å²) in [5, 5.41) is 0. The predicted octanol–water partition coefficient (Wildman–Crippen LogP) is 25.2. The van der Waals surface area contributed by atoms with Crippen LogP contribution in [0.3, 0.4) is 0 Å². The number of hydrogen-bond donors (Lipinski definition) is 0. The molecular weight excluding hydrogens is 1020 g/mol. The molecule has 0 amide bonds. The minimum absolute atomic E-state index is 0.0708. The summed E-state index contributed by atoms with van der Waals surface area (Å²) in [5.41, 5.74) is 0. The van der Waals surface area contributed by atoms with E-state index in [1.165, 1.54) is 250 Å². The molecule has 1 unspecified atom stereocenters. The predicted molar refractivity (Wildman–Crippen MR) is 362 cm³/mol. The monoisotopic (exact) mass is 1160 g/mol. The van der Waals surface area contributed by atoms with Gasteiger partial charge >= 0.3 is 17.9 Å². The molecule has 83 heavy (non-hydrogen) atoms. The Morgan fingerprint density at radius 2 is 0.470 bits per heavy atom. The van der Waals surface area contributed by atoms with E-state index < -0.39 is 6.10 Å². The number of ether oxygens (including phenoxy) is 3. The molecule has 0 fully saturated rings. The Morgan fingerprint density at radius 1 is 0.253 bits per heavy atom. The second-order valence-electron chi connectivity index (χ2n) is 24.5. The number of carbonyl (C=O) groups is 3. The number of esters is 3. The molecule has 0 aromatic heterocycles. The largest absolute Gasteiger partial charge is 0.462 e. The highest BCUT2D eigenvalue weighted by atomic mass is 16.6. The Balaban J connectivity index is 4.27. The van der Waals surface area contributed by atoms with Gasteiger partial charge in [0.05, 0.1) is 0 Å². The minimum Gasteiger partial charge on any atom is -0.462 e. The summed E-state index contributed by atoms with van der Waals surface area (Å²) in [4.78, 5) is 38.5. The molecule has 0 aromatic rings. The molecular formula is C77H138O6. The molecule has 482 valence electrons. The van der Waals surface area contributed by atoms with Crippen LogP contribution in [0.1, 0.15) is 380 Å². The van der Waals surface area contributed by atoms with Crippen LogP contribution in [0.2, 0.25) is 0 Å². The lowest BCUT2D eigenvalue weighted by molar-refractivity contribution is -0.167. The molecule has 0 spiro atoms. The highest BCUT2D eigenvalue weighted by molar-refractivity contribution is 5.71. The van der Waals surface area contributed by atoms with Crippen molar-refractivity contribution in [3.05, 3.63) is 72.9 Å². The molecule has 0 saturated carbocycles. The van der Waals surface area contributed by atoms with Crippen LogP contribution in [0, 0.1) is 0 Å². The Hall–Kier alpha value is -3.15. The lowest BCUT2D eigenvalue weighted by atomic mass is 10.0. The molecule has 6 heteroatoms.